The van der Waals surface area contributed by atoms with Crippen molar-refractivity contribution in [2.24, 2.45) is 5.92 Å². The SMILES string of the molecule is CCCc1ccc(C2(O)CCN(CC(C)C)CC2)cc1. The summed E-state index contributed by atoms with van der Waals surface area (Å²) in [6.07, 6.45) is 4.01. The van der Waals surface area contributed by atoms with Gasteiger partial charge in [0.05, 0.1) is 5.60 Å². The van der Waals surface area contributed by atoms with Gasteiger partial charge in [0.2, 0.25) is 0 Å². The van der Waals surface area contributed by atoms with Gasteiger partial charge in [-0.15, -0.1) is 0 Å². The Morgan fingerprint density at radius 1 is 1.15 bits per heavy atom. The smallest absolute Gasteiger partial charge is 0.0920 e. The molecule has 1 aromatic rings. The summed E-state index contributed by atoms with van der Waals surface area (Å²) >= 11 is 0. The Balaban J connectivity index is 1.98. The molecule has 0 unspecified atom stereocenters. The standard InChI is InChI=1S/C18H29NO/c1-4-5-16-6-8-17(9-7-16)18(20)10-12-19(13-11-18)14-15(2)3/h6-9,15,20H,4-5,10-14H2,1-3H3. The first-order valence-corrected chi connectivity index (χ1v) is 8.07. The normalized spacial score (nSPS) is 19.4. The molecule has 0 aromatic heterocycles. The fraction of sp³-hybridized carbons (Fsp3) is 0.667. The molecule has 20 heavy (non-hydrogen) atoms. The maximum atomic E-state index is 10.9. The first-order valence-electron chi connectivity index (χ1n) is 8.07. The molecule has 0 saturated carbocycles. The van der Waals surface area contributed by atoms with Crippen molar-refractivity contribution >= 4 is 0 Å². The van der Waals surface area contributed by atoms with Crippen molar-refractivity contribution < 1.29 is 5.11 Å². The molecule has 0 amide bonds. The van der Waals surface area contributed by atoms with E-state index in [9.17, 15) is 5.11 Å². The minimum Gasteiger partial charge on any atom is -0.385 e. The summed E-state index contributed by atoms with van der Waals surface area (Å²) in [5.41, 5.74) is 1.86. The third kappa shape index (κ3) is 3.83. The van der Waals surface area contributed by atoms with Crippen LogP contribution >= 0.6 is 0 Å². The molecule has 0 atom stereocenters. The third-order valence-electron chi connectivity index (χ3n) is 4.34. The summed E-state index contributed by atoms with van der Waals surface area (Å²) < 4.78 is 0. The first kappa shape index (κ1) is 15.5. The number of rotatable bonds is 5. The van der Waals surface area contributed by atoms with Crippen LogP contribution in [0.15, 0.2) is 24.3 Å². The Morgan fingerprint density at radius 2 is 1.75 bits per heavy atom. The van der Waals surface area contributed by atoms with E-state index in [1.807, 2.05) is 0 Å². The summed E-state index contributed by atoms with van der Waals surface area (Å²) in [6, 6.07) is 8.61. The largest absolute Gasteiger partial charge is 0.385 e. The number of aryl methyl sites for hydroxylation is 1. The molecule has 2 nitrogen and oxygen atoms in total. The van der Waals surface area contributed by atoms with Gasteiger partial charge in [0.15, 0.2) is 0 Å². The molecule has 2 heteroatoms. The number of hydrogen-bond acceptors (Lipinski definition) is 2. The lowest BCUT2D eigenvalue weighted by Gasteiger charge is -2.39. The Morgan fingerprint density at radius 3 is 2.25 bits per heavy atom. The van der Waals surface area contributed by atoms with E-state index in [0.717, 1.165) is 44.5 Å². The highest BCUT2D eigenvalue weighted by Gasteiger charge is 2.33. The van der Waals surface area contributed by atoms with Crippen LogP contribution in [0.5, 0.6) is 0 Å². The number of benzene rings is 1. The molecule has 112 valence electrons. The van der Waals surface area contributed by atoms with Crippen LogP contribution in [0.25, 0.3) is 0 Å². The number of piperidine rings is 1. The van der Waals surface area contributed by atoms with Crippen LogP contribution in [0.3, 0.4) is 0 Å². The lowest BCUT2D eigenvalue weighted by atomic mass is 9.84. The molecule has 0 aliphatic carbocycles. The maximum absolute atomic E-state index is 10.9. The van der Waals surface area contributed by atoms with Gasteiger partial charge in [0, 0.05) is 19.6 Å². The molecule has 0 bridgehead atoms. The van der Waals surface area contributed by atoms with E-state index in [1.165, 1.54) is 12.0 Å². The lowest BCUT2D eigenvalue weighted by Crippen LogP contribution is -2.43. The van der Waals surface area contributed by atoms with Crippen molar-refractivity contribution in [3.63, 3.8) is 0 Å². The van der Waals surface area contributed by atoms with Gasteiger partial charge in [-0.2, -0.15) is 0 Å². The Labute approximate surface area is 123 Å². The van der Waals surface area contributed by atoms with Crippen molar-refractivity contribution in [2.75, 3.05) is 19.6 Å². The second kappa shape index (κ2) is 6.73. The number of hydrogen-bond donors (Lipinski definition) is 1. The second-order valence-corrected chi connectivity index (χ2v) is 6.67. The molecule has 1 fully saturated rings. The molecule has 2 rings (SSSR count). The van der Waals surface area contributed by atoms with Gasteiger partial charge in [-0.1, -0.05) is 51.5 Å². The average Bonchev–Trinajstić information content (AvgIpc) is 2.42. The van der Waals surface area contributed by atoms with Crippen LogP contribution in [0, 0.1) is 5.92 Å². The quantitative estimate of drug-likeness (QED) is 0.888. The van der Waals surface area contributed by atoms with E-state index in [4.69, 9.17) is 0 Å². The Bertz CT molecular complexity index is 402. The van der Waals surface area contributed by atoms with Gasteiger partial charge in [-0.3, -0.25) is 0 Å². The molecule has 1 N–H and O–H groups in total. The molecule has 1 aliphatic heterocycles. The van der Waals surface area contributed by atoms with Crippen LogP contribution in [0.4, 0.5) is 0 Å². The highest BCUT2D eigenvalue weighted by molar-refractivity contribution is 5.28. The van der Waals surface area contributed by atoms with E-state index >= 15 is 0 Å². The molecule has 0 spiro atoms. The molecule has 1 aromatic carbocycles. The van der Waals surface area contributed by atoms with Crippen LogP contribution in [0.2, 0.25) is 0 Å². The van der Waals surface area contributed by atoms with Crippen molar-refractivity contribution in [1.82, 2.24) is 4.90 Å². The molecule has 1 saturated heterocycles. The van der Waals surface area contributed by atoms with Gasteiger partial charge in [-0.25, -0.2) is 0 Å². The zero-order valence-electron chi connectivity index (χ0n) is 13.2. The summed E-state index contributed by atoms with van der Waals surface area (Å²) in [5, 5.41) is 10.9. The minimum atomic E-state index is -0.613. The molecule has 1 heterocycles. The predicted octanol–water partition coefficient (Wildman–Crippen LogP) is 3.58. The number of likely N-dealkylation sites (tertiary alicyclic amines) is 1. The highest BCUT2D eigenvalue weighted by Crippen LogP contribution is 2.33. The zero-order valence-corrected chi connectivity index (χ0v) is 13.2. The van der Waals surface area contributed by atoms with Gasteiger partial charge in [-0.05, 0) is 36.3 Å². The fourth-order valence-electron chi connectivity index (χ4n) is 3.18. The zero-order chi connectivity index (χ0) is 14.6. The summed E-state index contributed by atoms with van der Waals surface area (Å²) in [5.74, 6) is 0.703. The number of aliphatic hydroxyl groups is 1. The molecular formula is C18H29NO. The fourth-order valence-corrected chi connectivity index (χ4v) is 3.18. The van der Waals surface area contributed by atoms with Crippen LogP contribution in [-0.2, 0) is 12.0 Å². The summed E-state index contributed by atoms with van der Waals surface area (Å²) in [7, 11) is 0. The number of nitrogens with zero attached hydrogens (tertiary/aromatic N) is 1. The van der Waals surface area contributed by atoms with E-state index in [2.05, 4.69) is 49.9 Å². The van der Waals surface area contributed by atoms with Crippen molar-refractivity contribution in [3.05, 3.63) is 35.4 Å². The van der Waals surface area contributed by atoms with Crippen LogP contribution in [-0.4, -0.2) is 29.6 Å². The van der Waals surface area contributed by atoms with Crippen molar-refractivity contribution in [3.8, 4) is 0 Å². The second-order valence-electron chi connectivity index (χ2n) is 6.67. The van der Waals surface area contributed by atoms with Crippen molar-refractivity contribution in [1.29, 1.82) is 0 Å². The lowest BCUT2D eigenvalue weighted by molar-refractivity contribution is -0.0279. The van der Waals surface area contributed by atoms with E-state index in [1.54, 1.807) is 0 Å². The minimum absolute atomic E-state index is 0.613. The predicted molar refractivity (Wildman–Crippen MR) is 84.8 cm³/mol. The Hall–Kier alpha value is -0.860. The molecule has 1 aliphatic rings. The molecular weight excluding hydrogens is 246 g/mol. The maximum Gasteiger partial charge on any atom is 0.0920 e. The first-order chi connectivity index (χ1) is 9.53. The van der Waals surface area contributed by atoms with Gasteiger partial charge in [0.25, 0.3) is 0 Å². The Kier molecular flexibility index (Phi) is 5.22. The van der Waals surface area contributed by atoms with Crippen LogP contribution in [0.1, 0.15) is 51.2 Å². The molecule has 0 radical (unpaired) electrons. The van der Waals surface area contributed by atoms with Gasteiger partial charge in [0.1, 0.15) is 0 Å². The van der Waals surface area contributed by atoms with E-state index in [0.29, 0.717) is 5.92 Å². The van der Waals surface area contributed by atoms with Crippen molar-refractivity contribution in [2.45, 2.75) is 52.1 Å². The van der Waals surface area contributed by atoms with E-state index < -0.39 is 5.60 Å². The van der Waals surface area contributed by atoms with Gasteiger partial charge >= 0.3 is 0 Å². The van der Waals surface area contributed by atoms with Gasteiger partial charge < -0.3 is 10.0 Å². The summed E-state index contributed by atoms with van der Waals surface area (Å²) in [4.78, 5) is 2.48. The van der Waals surface area contributed by atoms with Crippen LogP contribution < -0.4 is 0 Å². The van der Waals surface area contributed by atoms with E-state index in [-0.39, 0.29) is 0 Å². The topological polar surface area (TPSA) is 23.5 Å². The third-order valence-corrected chi connectivity index (χ3v) is 4.34. The monoisotopic (exact) mass is 275 g/mol. The average molecular weight is 275 g/mol. The summed E-state index contributed by atoms with van der Waals surface area (Å²) in [6.45, 7) is 9.87. The highest BCUT2D eigenvalue weighted by atomic mass is 16.3.